The van der Waals surface area contributed by atoms with Crippen LogP contribution in [0.1, 0.15) is 19.4 Å². The van der Waals surface area contributed by atoms with Gasteiger partial charge < -0.3 is 20.1 Å². The topological polar surface area (TPSA) is 106 Å². The van der Waals surface area contributed by atoms with Gasteiger partial charge in [-0.3, -0.25) is 4.79 Å². The average molecular weight is 322 g/mol. The van der Waals surface area contributed by atoms with Crippen LogP contribution >= 0.6 is 0 Å². The number of likely N-dealkylation sites (N-methyl/N-ethyl adjacent to an activating group) is 1. The fourth-order valence-corrected chi connectivity index (χ4v) is 1.75. The minimum absolute atomic E-state index is 0.149. The Kier molecular flexibility index (Phi) is 6.85. The van der Waals surface area contributed by atoms with Crippen LogP contribution in [0.25, 0.3) is 0 Å². The molecule has 1 aromatic rings. The highest BCUT2D eigenvalue weighted by Crippen LogP contribution is 2.29. The first kappa shape index (κ1) is 18.3. The number of carbonyl (C=O) groups excluding carboxylic acids is 2. The second-order valence-corrected chi connectivity index (χ2v) is 4.87. The molecule has 0 heterocycles. The summed E-state index contributed by atoms with van der Waals surface area (Å²) in [6.07, 6.45) is 0.783. The van der Waals surface area contributed by atoms with E-state index in [1.165, 1.54) is 11.1 Å². The number of nitrogens with one attached hydrogen (secondary N) is 1. The largest absolute Gasteiger partial charge is 0.490 e. The van der Waals surface area contributed by atoms with E-state index in [-0.39, 0.29) is 5.91 Å². The van der Waals surface area contributed by atoms with Crippen molar-refractivity contribution in [2.24, 2.45) is 10.8 Å². The molecule has 0 saturated heterocycles. The lowest BCUT2D eigenvalue weighted by Crippen LogP contribution is -2.35. The van der Waals surface area contributed by atoms with Crippen molar-refractivity contribution in [2.45, 2.75) is 20.0 Å². The monoisotopic (exact) mass is 322 g/mol. The zero-order valence-corrected chi connectivity index (χ0v) is 13.7. The summed E-state index contributed by atoms with van der Waals surface area (Å²) in [5.41, 5.74) is 7.71. The molecular formula is C15H22N4O4. The molecule has 1 rings (SSSR count). The van der Waals surface area contributed by atoms with Gasteiger partial charge in [0.1, 0.15) is 0 Å². The molecule has 1 aromatic carbocycles. The van der Waals surface area contributed by atoms with Crippen molar-refractivity contribution in [3.8, 4) is 11.5 Å². The maximum atomic E-state index is 11.9. The van der Waals surface area contributed by atoms with E-state index in [2.05, 4.69) is 10.5 Å². The number of ether oxygens (including phenoxy) is 2. The first-order valence-corrected chi connectivity index (χ1v) is 7.08. The molecule has 0 aliphatic rings. The third-order valence-electron chi connectivity index (χ3n) is 2.75. The van der Waals surface area contributed by atoms with Gasteiger partial charge in [0.2, 0.25) is 0 Å². The van der Waals surface area contributed by atoms with Crippen molar-refractivity contribution >= 4 is 18.2 Å². The molecule has 126 valence electrons. The Morgan fingerprint density at radius 3 is 2.65 bits per heavy atom. The van der Waals surface area contributed by atoms with Crippen LogP contribution in [0.4, 0.5) is 4.79 Å². The smallest absolute Gasteiger partial charge is 0.332 e. The number of benzene rings is 1. The summed E-state index contributed by atoms with van der Waals surface area (Å²) < 4.78 is 11.2. The standard InChI is InChI=1S/C15H22N4O4/c1-5-22-13-8-11(9-17-18-15(16)21)6-7-12(13)23-10(2)14(20)19(3)4/h6-10H,5H2,1-4H3,(H3,16,18,21)/b17-9-/t10-/m0/s1. The van der Waals surface area contributed by atoms with Crippen molar-refractivity contribution in [3.05, 3.63) is 23.8 Å². The molecule has 0 bridgehead atoms. The normalized spacial score (nSPS) is 11.8. The van der Waals surface area contributed by atoms with E-state index in [4.69, 9.17) is 15.2 Å². The summed E-state index contributed by atoms with van der Waals surface area (Å²) in [5.74, 6) is 0.784. The Labute approximate surface area is 135 Å². The SMILES string of the molecule is CCOc1cc(/C=N\NC(N)=O)ccc1O[C@@H](C)C(=O)N(C)C. The molecule has 0 aromatic heterocycles. The average Bonchev–Trinajstić information content (AvgIpc) is 2.48. The molecule has 0 aliphatic carbocycles. The molecule has 23 heavy (non-hydrogen) atoms. The highest BCUT2D eigenvalue weighted by atomic mass is 16.5. The molecule has 0 unspecified atom stereocenters. The number of nitrogens with two attached hydrogens (primary N) is 1. The summed E-state index contributed by atoms with van der Waals surface area (Å²) >= 11 is 0. The zero-order valence-electron chi connectivity index (χ0n) is 13.7. The van der Waals surface area contributed by atoms with Crippen LogP contribution in [0.3, 0.4) is 0 Å². The number of hydrogen-bond donors (Lipinski definition) is 2. The first-order valence-electron chi connectivity index (χ1n) is 7.08. The molecule has 0 fully saturated rings. The fraction of sp³-hybridized carbons (Fsp3) is 0.400. The number of urea groups is 1. The molecular weight excluding hydrogens is 300 g/mol. The van der Waals surface area contributed by atoms with E-state index in [1.807, 2.05) is 6.92 Å². The number of amides is 3. The van der Waals surface area contributed by atoms with E-state index in [0.29, 0.717) is 23.7 Å². The van der Waals surface area contributed by atoms with Gasteiger partial charge >= 0.3 is 6.03 Å². The highest BCUT2D eigenvalue weighted by Gasteiger charge is 2.18. The van der Waals surface area contributed by atoms with Gasteiger partial charge in [0.15, 0.2) is 17.6 Å². The number of hydrazone groups is 1. The third kappa shape index (κ3) is 5.85. The van der Waals surface area contributed by atoms with Crippen molar-refractivity contribution in [1.29, 1.82) is 0 Å². The van der Waals surface area contributed by atoms with E-state index in [9.17, 15) is 9.59 Å². The second-order valence-electron chi connectivity index (χ2n) is 4.87. The number of primary amides is 1. The summed E-state index contributed by atoms with van der Waals surface area (Å²) in [7, 11) is 3.33. The van der Waals surface area contributed by atoms with Gasteiger partial charge in [0.25, 0.3) is 5.91 Å². The van der Waals surface area contributed by atoms with E-state index in [1.54, 1.807) is 39.2 Å². The van der Waals surface area contributed by atoms with Crippen LogP contribution in [0.2, 0.25) is 0 Å². The lowest BCUT2D eigenvalue weighted by atomic mass is 10.2. The van der Waals surface area contributed by atoms with Crippen LogP contribution in [0.5, 0.6) is 11.5 Å². The Balaban J connectivity index is 2.93. The Morgan fingerprint density at radius 1 is 1.39 bits per heavy atom. The Morgan fingerprint density at radius 2 is 2.09 bits per heavy atom. The number of rotatable bonds is 7. The predicted molar refractivity (Wildman–Crippen MR) is 86.7 cm³/mol. The van der Waals surface area contributed by atoms with E-state index >= 15 is 0 Å². The van der Waals surface area contributed by atoms with Crippen molar-refractivity contribution in [2.75, 3.05) is 20.7 Å². The molecule has 3 amide bonds. The van der Waals surface area contributed by atoms with Gasteiger partial charge in [0, 0.05) is 14.1 Å². The first-order chi connectivity index (χ1) is 10.8. The molecule has 0 aliphatic heterocycles. The summed E-state index contributed by atoms with van der Waals surface area (Å²) in [6, 6.07) is 4.34. The fourth-order valence-electron chi connectivity index (χ4n) is 1.75. The highest BCUT2D eigenvalue weighted by molar-refractivity contribution is 5.83. The van der Waals surface area contributed by atoms with E-state index in [0.717, 1.165) is 0 Å². The maximum Gasteiger partial charge on any atom is 0.332 e. The third-order valence-corrected chi connectivity index (χ3v) is 2.75. The van der Waals surface area contributed by atoms with Gasteiger partial charge in [-0.15, -0.1) is 0 Å². The van der Waals surface area contributed by atoms with Gasteiger partial charge in [-0.1, -0.05) is 0 Å². The number of nitrogens with zero attached hydrogens (tertiary/aromatic N) is 2. The lowest BCUT2D eigenvalue weighted by Gasteiger charge is -2.20. The lowest BCUT2D eigenvalue weighted by molar-refractivity contribution is -0.135. The molecule has 3 N–H and O–H groups in total. The van der Waals surface area contributed by atoms with Crippen molar-refractivity contribution in [3.63, 3.8) is 0 Å². The number of carbonyl (C=O) groups is 2. The van der Waals surface area contributed by atoms with Crippen LogP contribution in [0, 0.1) is 0 Å². The minimum atomic E-state index is -0.748. The van der Waals surface area contributed by atoms with Crippen LogP contribution < -0.4 is 20.6 Å². The molecule has 0 saturated carbocycles. The molecule has 1 atom stereocenters. The predicted octanol–water partition coefficient (Wildman–Crippen LogP) is 0.943. The summed E-state index contributed by atoms with van der Waals surface area (Å²) in [6.45, 7) is 3.95. The Hall–Kier alpha value is -2.77. The maximum absolute atomic E-state index is 11.9. The second kappa shape index (κ2) is 8.62. The summed E-state index contributed by atoms with van der Waals surface area (Å²) in [4.78, 5) is 23.9. The molecule has 8 nitrogen and oxygen atoms in total. The van der Waals surface area contributed by atoms with Crippen LogP contribution in [-0.2, 0) is 4.79 Å². The van der Waals surface area contributed by atoms with Crippen LogP contribution in [0.15, 0.2) is 23.3 Å². The van der Waals surface area contributed by atoms with Crippen molar-refractivity contribution < 1.29 is 19.1 Å². The number of hydrogen-bond acceptors (Lipinski definition) is 5. The van der Waals surface area contributed by atoms with E-state index < -0.39 is 12.1 Å². The van der Waals surface area contributed by atoms with Gasteiger partial charge in [-0.2, -0.15) is 5.10 Å². The molecule has 0 spiro atoms. The van der Waals surface area contributed by atoms with Gasteiger partial charge in [0.05, 0.1) is 12.8 Å². The zero-order chi connectivity index (χ0) is 17.4. The van der Waals surface area contributed by atoms with Crippen molar-refractivity contribution in [1.82, 2.24) is 10.3 Å². The Bertz CT molecular complexity index is 587. The molecule has 8 heteroatoms. The summed E-state index contributed by atoms with van der Waals surface area (Å²) in [5, 5.41) is 3.68. The quantitative estimate of drug-likeness (QED) is 0.575. The molecule has 0 radical (unpaired) electrons. The van der Waals surface area contributed by atoms with Crippen LogP contribution in [-0.4, -0.2) is 49.9 Å². The van der Waals surface area contributed by atoms with Gasteiger partial charge in [-0.25, -0.2) is 10.2 Å². The van der Waals surface area contributed by atoms with Gasteiger partial charge in [-0.05, 0) is 37.6 Å². The minimum Gasteiger partial charge on any atom is -0.490 e.